The molecule has 0 spiro atoms. The second-order valence-electron chi connectivity index (χ2n) is 2.41. The quantitative estimate of drug-likeness (QED) is 0.521. The molecule has 0 saturated carbocycles. The Labute approximate surface area is 128 Å². The van der Waals surface area contributed by atoms with E-state index in [1.54, 1.807) is 0 Å². The second-order valence-corrected chi connectivity index (χ2v) is 2.41. The number of hydrogen-bond donors (Lipinski definition) is 0. The Kier molecular flexibility index (Phi) is 34.4. The van der Waals surface area contributed by atoms with Gasteiger partial charge < -0.3 is 29.5 Å². The van der Waals surface area contributed by atoms with Crippen molar-refractivity contribution in [1.29, 1.82) is 0 Å². The molecule has 7 heteroatoms. The van der Waals surface area contributed by atoms with Gasteiger partial charge in [0.2, 0.25) is 0 Å². The van der Waals surface area contributed by atoms with Crippen LogP contribution in [0.5, 0.6) is 0 Å². The van der Waals surface area contributed by atoms with Gasteiger partial charge in [0.15, 0.2) is 0 Å². The molecule has 0 bridgehead atoms. The van der Waals surface area contributed by atoms with E-state index in [1.807, 2.05) is 0 Å². The maximum Gasteiger partial charge on any atom is 3.00 e. The van der Waals surface area contributed by atoms with Crippen LogP contribution < -0.4 is 15.3 Å². The molecular weight excluding hydrogens is 367 g/mol. The molecule has 0 aromatic heterocycles. The topological polar surface area (TPSA) is 96.9 Å². The maximum absolute atomic E-state index is 9.67. The molecule has 0 heterocycles. The van der Waals surface area contributed by atoms with E-state index in [2.05, 4.69) is 14.2 Å². The zero-order chi connectivity index (χ0) is 12.9. The molecule has 0 aliphatic rings. The molecule has 0 fully saturated rings. The van der Waals surface area contributed by atoms with Crippen LogP contribution in [-0.4, -0.2) is 40.2 Å². The van der Waals surface area contributed by atoms with Gasteiger partial charge in [-0.15, -0.1) is 0 Å². The Balaban J connectivity index is -0.0000000655. The first-order valence-electron chi connectivity index (χ1n) is 4.37. The van der Waals surface area contributed by atoms with Crippen molar-refractivity contribution in [3.05, 3.63) is 0 Å². The van der Waals surface area contributed by atoms with Gasteiger partial charge in [-0.05, 0) is 18.9 Å². The first-order chi connectivity index (χ1) is 6.81. The SMILES string of the molecule is COC(C)[O-].COC(C)[O-].COC(C)[O-].[Dy+3]. The van der Waals surface area contributed by atoms with Gasteiger partial charge in [0.1, 0.15) is 0 Å². The normalized spacial score (nSPS) is 14.1. The van der Waals surface area contributed by atoms with Crippen LogP contribution in [0.2, 0.25) is 0 Å². The molecule has 16 heavy (non-hydrogen) atoms. The van der Waals surface area contributed by atoms with Gasteiger partial charge in [-0.25, -0.2) is 0 Å². The van der Waals surface area contributed by atoms with Gasteiger partial charge >= 0.3 is 38.2 Å². The maximum atomic E-state index is 9.67. The standard InChI is InChI=1S/3C3H7O2.Dy/c3*1-3(4)5-2;/h3*3H,1-2H3;/q3*-1;+3. The molecule has 0 N–H and O–H groups in total. The minimum absolute atomic E-state index is 0. The van der Waals surface area contributed by atoms with E-state index in [9.17, 15) is 15.3 Å². The molecule has 3 unspecified atom stereocenters. The summed E-state index contributed by atoms with van der Waals surface area (Å²) in [6.07, 6.45) is -2.60. The smallest absolute Gasteiger partial charge is 0.831 e. The Morgan fingerprint density at radius 3 is 0.688 bits per heavy atom. The fourth-order valence-electron chi connectivity index (χ4n) is 0. The molecule has 0 aromatic rings. The van der Waals surface area contributed by atoms with E-state index in [0.717, 1.165) is 0 Å². The van der Waals surface area contributed by atoms with E-state index in [1.165, 1.54) is 42.1 Å². The molecule has 1 radical (unpaired) electrons. The van der Waals surface area contributed by atoms with E-state index < -0.39 is 18.9 Å². The summed E-state index contributed by atoms with van der Waals surface area (Å²) in [6, 6.07) is 0. The third-order valence-electron chi connectivity index (χ3n) is 0.996. The molecule has 103 valence electrons. The molecule has 0 amide bonds. The summed E-state index contributed by atoms with van der Waals surface area (Å²) in [5, 5.41) is 29.0. The van der Waals surface area contributed by atoms with E-state index >= 15 is 0 Å². The van der Waals surface area contributed by atoms with Crippen molar-refractivity contribution in [1.82, 2.24) is 0 Å². The number of methoxy groups -OCH3 is 3. The molecule has 0 aliphatic heterocycles. The van der Waals surface area contributed by atoms with Crippen molar-refractivity contribution in [2.45, 2.75) is 39.6 Å². The van der Waals surface area contributed by atoms with Crippen molar-refractivity contribution in [2.24, 2.45) is 0 Å². The van der Waals surface area contributed by atoms with E-state index in [4.69, 9.17) is 0 Å². The van der Waals surface area contributed by atoms with Crippen molar-refractivity contribution < 1.29 is 67.7 Å². The van der Waals surface area contributed by atoms with Crippen LogP contribution in [0.4, 0.5) is 0 Å². The average molecular weight is 388 g/mol. The van der Waals surface area contributed by atoms with E-state index in [-0.39, 0.29) is 38.2 Å². The van der Waals surface area contributed by atoms with Gasteiger partial charge in [-0.1, -0.05) is 20.8 Å². The first kappa shape index (κ1) is 25.8. The van der Waals surface area contributed by atoms with Crippen LogP contribution in [0, 0.1) is 38.2 Å². The molecule has 6 nitrogen and oxygen atoms in total. The van der Waals surface area contributed by atoms with Crippen LogP contribution in [0.3, 0.4) is 0 Å². The Morgan fingerprint density at radius 2 is 0.688 bits per heavy atom. The van der Waals surface area contributed by atoms with Crippen molar-refractivity contribution in [2.75, 3.05) is 21.3 Å². The third-order valence-corrected chi connectivity index (χ3v) is 0.996. The molecule has 0 aliphatic carbocycles. The van der Waals surface area contributed by atoms with Gasteiger partial charge in [0.05, 0.1) is 0 Å². The summed E-state index contributed by atoms with van der Waals surface area (Å²) in [4.78, 5) is 0. The summed E-state index contributed by atoms with van der Waals surface area (Å²) in [5.74, 6) is 0. The van der Waals surface area contributed by atoms with Crippen LogP contribution in [0.15, 0.2) is 0 Å². The Morgan fingerprint density at radius 1 is 0.625 bits per heavy atom. The molecule has 0 aromatic carbocycles. The summed E-state index contributed by atoms with van der Waals surface area (Å²) in [5.41, 5.74) is 0. The van der Waals surface area contributed by atoms with Gasteiger partial charge in [0.25, 0.3) is 0 Å². The van der Waals surface area contributed by atoms with E-state index in [0.29, 0.717) is 0 Å². The minimum atomic E-state index is -0.866. The Hall–Kier alpha value is 1.03. The number of rotatable bonds is 3. The monoisotopic (exact) mass is 389 g/mol. The third kappa shape index (κ3) is 59.9. The van der Waals surface area contributed by atoms with Gasteiger partial charge in [0, 0.05) is 21.3 Å². The van der Waals surface area contributed by atoms with Crippen molar-refractivity contribution >= 4 is 0 Å². The first-order valence-corrected chi connectivity index (χ1v) is 4.37. The summed E-state index contributed by atoms with van der Waals surface area (Å²) >= 11 is 0. The predicted octanol–water partition coefficient (Wildman–Crippen LogP) is -1.98. The molecular formula is C9H21DyO6. The molecule has 0 saturated heterocycles. The zero-order valence-corrected chi connectivity index (χ0v) is 12.5. The summed E-state index contributed by atoms with van der Waals surface area (Å²) < 4.78 is 12.6. The average Bonchev–Trinajstić information content (AvgIpc) is 2.19. The van der Waals surface area contributed by atoms with Crippen LogP contribution in [-0.2, 0) is 14.2 Å². The summed E-state index contributed by atoms with van der Waals surface area (Å²) in [6.45, 7) is 4.33. The van der Waals surface area contributed by atoms with Gasteiger partial charge in [-0.2, -0.15) is 0 Å². The number of hydrogen-bond acceptors (Lipinski definition) is 6. The summed E-state index contributed by atoms with van der Waals surface area (Å²) in [7, 11) is 4.16. The fourth-order valence-corrected chi connectivity index (χ4v) is 0. The van der Waals surface area contributed by atoms with Gasteiger partial charge in [-0.3, -0.25) is 0 Å². The zero-order valence-electron chi connectivity index (χ0n) is 10.5. The fraction of sp³-hybridized carbons (Fsp3) is 1.00. The second kappa shape index (κ2) is 21.3. The van der Waals surface area contributed by atoms with Crippen molar-refractivity contribution in [3.8, 4) is 0 Å². The predicted molar refractivity (Wildman–Crippen MR) is 49.4 cm³/mol. The van der Waals surface area contributed by atoms with Crippen molar-refractivity contribution in [3.63, 3.8) is 0 Å². The molecule has 3 atom stereocenters. The largest absolute Gasteiger partial charge is 3.00 e. The van der Waals surface area contributed by atoms with Crippen LogP contribution in [0.1, 0.15) is 20.8 Å². The number of ether oxygens (including phenoxy) is 3. The molecule has 0 rings (SSSR count). The Bertz CT molecular complexity index is 81.0. The van der Waals surface area contributed by atoms with Crippen LogP contribution in [0.25, 0.3) is 0 Å². The minimum Gasteiger partial charge on any atom is -0.831 e. The van der Waals surface area contributed by atoms with Crippen LogP contribution >= 0.6 is 0 Å².